The molecule has 0 bridgehead atoms. The maximum atomic E-state index is 6.04. The molecule has 2 N–H and O–H groups in total. The monoisotopic (exact) mass is 267 g/mol. The standard InChI is InChI=1S/C14H25N3O2/c1-10(2)11(15)9-12-16-13(17-19-12)14(18-3)7-5-4-6-8-14/h10-11H,4-9,15H2,1-3H3. The third-order valence-corrected chi connectivity index (χ3v) is 4.19. The van der Waals surface area contributed by atoms with Gasteiger partial charge in [-0.15, -0.1) is 0 Å². The molecule has 1 aromatic heterocycles. The predicted molar refractivity (Wildman–Crippen MR) is 72.6 cm³/mol. The van der Waals surface area contributed by atoms with Crippen LogP contribution >= 0.6 is 0 Å². The van der Waals surface area contributed by atoms with Gasteiger partial charge in [0.25, 0.3) is 0 Å². The fourth-order valence-corrected chi connectivity index (χ4v) is 2.60. The van der Waals surface area contributed by atoms with Gasteiger partial charge in [-0.05, 0) is 18.8 Å². The van der Waals surface area contributed by atoms with Crippen molar-refractivity contribution < 1.29 is 9.26 Å². The van der Waals surface area contributed by atoms with Crippen molar-refractivity contribution >= 4 is 0 Å². The molecular formula is C14H25N3O2. The Morgan fingerprint density at radius 3 is 2.58 bits per heavy atom. The smallest absolute Gasteiger partial charge is 0.228 e. The van der Waals surface area contributed by atoms with Crippen LogP contribution < -0.4 is 5.73 Å². The van der Waals surface area contributed by atoms with E-state index in [0.717, 1.165) is 25.7 Å². The topological polar surface area (TPSA) is 74.2 Å². The fourth-order valence-electron chi connectivity index (χ4n) is 2.60. The van der Waals surface area contributed by atoms with E-state index in [9.17, 15) is 0 Å². The quantitative estimate of drug-likeness (QED) is 0.886. The minimum absolute atomic E-state index is 0.0538. The molecule has 0 radical (unpaired) electrons. The van der Waals surface area contributed by atoms with Crippen molar-refractivity contribution in [3.63, 3.8) is 0 Å². The number of hydrogen-bond donors (Lipinski definition) is 1. The zero-order valence-electron chi connectivity index (χ0n) is 12.2. The molecule has 1 atom stereocenters. The predicted octanol–water partition coefficient (Wildman–Crippen LogP) is 2.40. The lowest BCUT2D eigenvalue weighted by molar-refractivity contribution is -0.0527. The van der Waals surface area contributed by atoms with Gasteiger partial charge in [0, 0.05) is 19.6 Å². The summed E-state index contributed by atoms with van der Waals surface area (Å²) in [6.45, 7) is 4.19. The summed E-state index contributed by atoms with van der Waals surface area (Å²) in [5.74, 6) is 1.72. The Hall–Kier alpha value is -0.940. The summed E-state index contributed by atoms with van der Waals surface area (Å²) in [4.78, 5) is 4.52. The molecule has 1 saturated carbocycles. The minimum Gasteiger partial charge on any atom is -0.370 e. The SMILES string of the molecule is COC1(c2noc(CC(N)C(C)C)n2)CCCCC1. The summed E-state index contributed by atoms with van der Waals surface area (Å²) >= 11 is 0. The molecule has 0 aliphatic heterocycles. The van der Waals surface area contributed by atoms with E-state index in [4.69, 9.17) is 15.0 Å². The molecule has 108 valence electrons. The van der Waals surface area contributed by atoms with Crippen molar-refractivity contribution in [3.05, 3.63) is 11.7 Å². The van der Waals surface area contributed by atoms with Crippen LogP contribution in [0.3, 0.4) is 0 Å². The highest BCUT2D eigenvalue weighted by Gasteiger charge is 2.38. The van der Waals surface area contributed by atoms with E-state index in [1.807, 2.05) is 0 Å². The van der Waals surface area contributed by atoms with Gasteiger partial charge in [-0.1, -0.05) is 38.3 Å². The Morgan fingerprint density at radius 1 is 1.32 bits per heavy atom. The van der Waals surface area contributed by atoms with E-state index in [1.165, 1.54) is 6.42 Å². The highest BCUT2D eigenvalue weighted by molar-refractivity contribution is 5.03. The summed E-state index contributed by atoms with van der Waals surface area (Å²) < 4.78 is 11.1. The third kappa shape index (κ3) is 3.15. The van der Waals surface area contributed by atoms with Crippen molar-refractivity contribution in [2.75, 3.05) is 7.11 Å². The Labute approximate surface area is 114 Å². The van der Waals surface area contributed by atoms with Crippen molar-refractivity contribution in [2.45, 2.75) is 64.0 Å². The first-order valence-corrected chi connectivity index (χ1v) is 7.21. The summed E-state index contributed by atoms with van der Waals surface area (Å²) in [5.41, 5.74) is 5.70. The Bertz CT molecular complexity index is 397. The number of methoxy groups -OCH3 is 1. The van der Waals surface area contributed by atoms with E-state index in [0.29, 0.717) is 24.1 Å². The molecule has 5 nitrogen and oxygen atoms in total. The second-order valence-corrected chi connectivity index (χ2v) is 5.88. The molecule has 0 aromatic carbocycles. The van der Waals surface area contributed by atoms with Crippen LogP contribution in [0, 0.1) is 5.92 Å². The lowest BCUT2D eigenvalue weighted by atomic mass is 9.84. The molecule has 19 heavy (non-hydrogen) atoms. The van der Waals surface area contributed by atoms with Gasteiger partial charge in [0.2, 0.25) is 11.7 Å². The highest BCUT2D eigenvalue weighted by Crippen LogP contribution is 2.38. The van der Waals surface area contributed by atoms with Crippen molar-refractivity contribution in [2.24, 2.45) is 11.7 Å². The first-order chi connectivity index (χ1) is 9.07. The zero-order valence-corrected chi connectivity index (χ0v) is 12.2. The van der Waals surface area contributed by atoms with Crippen LogP contribution in [0.1, 0.15) is 57.7 Å². The van der Waals surface area contributed by atoms with Gasteiger partial charge in [-0.25, -0.2) is 0 Å². The summed E-state index contributed by atoms with van der Waals surface area (Å²) in [6, 6.07) is 0.0538. The van der Waals surface area contributed by atoms with Gasteiger partial charge in [-0.2, -0.15) is 4.98 Å². The van der Waals surface area contributed by atoms with Crippen LogP contribution in [-0.4, -0.2) is 23.3 Å². The molecule has 0 saturated heterocycles. The first-order valence-electron chi connectivity index (χ1n) is 7.21. The highest BCUT2D eigenvalue weighted by atomic mass is 16.5. The fraction of sp³-hybridized carbons (Fsp3) is 0.857. The van der Waals surface area contributed by atoms with Crippen LogP contribution in [0.5, 0.6) is 0 Å². The van der Waals surface area contributed by atoms with E-state index in [1.54, 1.807) is 7.11 Å². The second kappa shape index (κ2) is 6.01. The summed E-state index contributed by atoms with van der Waals surface area (Å²) in [6.07, 6.45) is 6.14. The maximum absolute atomic E-state index is 6.04. The van der Waals surface area contributed by atoms with Crippen LogP contribution in [0.2, 0.25) is 0 Å². The number of aromatic nitrogens is 2. The van der Waals surface area contributed by atoms with Crippen LogP contribution in [0.25, 0.3) is 0 Å². The van der Waals surface area contributed by atoms with E-state index < -0.39 is 0 Å². The van der Waals surface area contributed by atoms with Crippen molar-refractivity contribution in [1.29, 1.82) is 0 Å². The zero-order chi connectivity index (χ0) is 13.9. The average molecular weight is 267 g/mol. The van der Waals surface area contributed by atoms with Crippen molar-refractivity contribution in [3.8, 4) is 0 Å². The Kier molecular flexibility index (Phi) is 4.58. The minimum atomic E-state index is -0.345. The molecule has 1 aromatic rings. The Morgan fingerprint density at radius 2 is 2.00 bits per heavy atom. The van der Waals surface area contributed by atoms with Crippen LogP contribution in [0.15, 0.2) is 4.52 Å². The molecule has 2 rings (SSSR count). The van der Waals surface area contributed by atoms with Crippen LogP contribution in [0.4, 0.5) is 0 Å². The molecule has 1 heterocycles. The summed E-state index contributed by atoms with van der Waals surface area (Å²) in [5, 5.41) is 4.13. The van der Waals surface area contributed by atoms with Gasteiger partial charge >= 0.3 is 0 Å². The molecule has 1 fully saturated rings. The molecule has 1 aliphatic carbocycles. The molecule has 5 heteroatoms. The largest absolute Gasteiger partial charge is 0.370 e. The van der Waals surface area contributed by atoms with E-state index >= 15 is 0 Å². The second-order valence-electron chi connectivity index (χ2n) is 5.88. The number of ether oxygens (including phenoxy) is 1. The van der Waals surface area contributed by atoms with Crippen molar-refractivity contribution in [1.82, 2.24) is 10.1 Å². The van der Waals surface area contributed by atoms with E-state index in [-0.39, 0.29) is 11.6 Å². The number of hydrogen-bond acceptors (Lipinski definition) is 5. The van der Waals surface area contributed by atoms with Crippen LogP contribution in [-0.2, 0) is 16.8 Å². The number of rotatable bonds is 5. The third-order valence-electron chi connectivity index (χ3n) is 4.19. The first kappa shape index (κ1) is 14.5. The molecular weight excluding hydrogens is 242 g/mol. The maximum Gasteiger partial charge on any atom is 0.228 e. The molecule has 0 spiro atoms. The summed E-state index contributed by atoms with van der Waals surface area (Å²) in [7, 11) is 1.74. The molecule has 1 aliphatic rings. The van der Waals surface area contributed by atoms with Gasteiger partial charge < -0.3 is 15.0 Å². The van der Waals surface area contributed by atoms with Gasteiger partial charge in [-0.3, -0.25) is 0 Å². The Balaban J connectivity index is 2.10. The normalized spacial score (nSPS) is 20.7. The lowest BCUT2D eigenvalue weighted by Gasteiger charge is -2.32. The lowest BCUT2D eigenvalue weighted by Crippen LogP contribution is -2.32. The van der Waals surface area contributed by atoms with E-state index in [2.05, 4.69) is 24.0 Å². The number of nitrogens with two attached hydrogens (primary N) is 1. The van der Waals surface area contributed by atoms with Gasteiger partial charge in [0.1, 0.15) is 5.60 Å². The molecule has 1 unspecified atom stereocenters. The van der Waals surface area contributed by atoms with Gasteiger partial charge in [0.15, 0.2) is 0 Å². The number of nitrogens with zero attached hydrogens (tertiary/aromatic N) is 2. The average Bonchev–Trinajstić information content (AvgIpc) is 2.88. The molecule has 0 amide bonds. The van der Waals surface area contributed by atoms with Gasteiger partial charge in [0.05, 0.1) is 0 Å².